The molecule has 1 unspecified atom stereocenters. The molecule has 0 bridgehead atoms. The molecule has 1 fully saturated rings. The van der Waals surface area contributed by atoms with E-state index in [0.717, 1.165) is 18.2 Å². The van der Waals surface area contributed by atoms with Crippen LogP contribution in [0.3, 0.4) is 0 Å². The van der Waals surface area contributed by atoms with Gasteiger partial charge in [0, 0.05) is 18.0 Å². The van der Waals surface area contributed by atoms with Crippen molar-refractivity contribution in [3.05, 3.63) is 65.7 Å². The maximum Gasteiger partial charge on any atom is 0.417 e. The summed E-state index contributed by atoms with van der Waals surface area (Å²) in [5, 5.41) is 3.05. The van der Waals surface area contributed by atoms with Gasteiger partial charge >= 0.3 is 6.18 Å². The van der Waals surface area contributed by atoms with Crippen LogP contribution in [-0.4, -0.2) is 25.8 Å². The lowest BCUT2D eigenvalue weighted by molar-refractivity contribution is -0.139. The number of morpholine rings is 1. The van der Waals surface area contributed by atoms with Gasteiger partial charge in [-0.15, -0.1) is 24.2 Å². The molecule has 1 heterocycles. The summed E-state index contributed by atoms with van der Waals surface area (Å²) in [6.07, 6.45) is -4.54. The van der Waals surface area contributed by atoms with Gasteiger partial charge in [0.1, 0.15) is 0 Å². The van der Waals surface area contributed by atoms with E-state index in [9.17, 15) is 13.2 Å². The van der Waals surface area contributed by atoms with Crippen molar-refractivity contribution in [2.45, 2.75) is 22.4 Å². The predicted octanol–water partition coefficient (Wildman–Crippen LogP) is 4.95. The van der Waals surface area contributed by atoms with Crippen LogP contribution in [0.2, 0.25) is 0 Å². The second kappa shape index (κ2) is 8.94. The van der Waals surface area contributed by atoms with Crippen LogP contribution in [0.4, 0.5) is 13.2 Å². The Labute approximate surface area is 155 Å². The molecular weight excluding hydrogens is 371 g/mol. The molecule has 2 atom stereocenters. The highest BCUT2D eigenvalue weighted by Crippen LogP contribution is 2.44. The van der Waals surface area contributed by atoms with Gasteiger partial charge in [0.15, 0.2) is 0 Å². The van der Waals surface area contributed by atoms with E-state index in [2.05, 4.69) is 5.32 Å². The molecule has 0 radical (unpaired) electrons. The van der Waals surface area contributed by atoms with Gasteiger partial charge < -0.3 is 10.1 Å². The summed E-state index contributed by atoms with van der Waals surface area (Å²) in [5.41, 5.74) is 0.368. The van der Waals surface area contributed by atoms with Gasteiger partial charge in [0.25, 0.3) is 0 Å². The Kier molecular flexibility index (Phi) is 7.19. The molecule has 1 aliphatic rings. The van der Waals surface area contributed by atoms with Crippen molar-refractivity contribution < 1.29 is 17.9 Å². The molecule has 0 amide bonds. The summed E-state index contributed by atoms with van der Waals surface area (Å²) in [5.74, 6) is 0. The fourth-order valence-electron chi connectivity index (χ4n) is 2.72. The van der Waals surface area contributed by atoms with Crippen LogP contribution in [0.5, 0.6) is 0 Å². The molecule has 1 saturated heterocycles. The van der Waals surface area contributed by atoms with Crippen molar-refractivity contribution in [2.75, 3.05) is 19.7 Å². The number of rotatable bonds is 4. The Morgan fingerprint density at radius 2 is 1.72 bits per heavy atom. The molecule has 3 rings (SSSR count). The van der Waals surface area contributed by atoms with Gasteiger partial charge in [0.05, 0.1) is 23.5 Å². The van der Waals surface area contributed by atoms with Gasteiger partial charge in [-0.1, -0.05) is 42.5 Å². The Morgan fingerprint density at radius 1 is 1.04 bits per heavy atom. The molecule has 1 N–H and O–H groups in total. The molecule has 7 heteroatoms. The van der Waals surface area contributed by atoms with Gasteiger partial charge in [-0.3, -0.25) is 0 Å². The summed E-state index contributed by atoms with van der Waals surface area (Å²) < 4.78 is 45.7. The third kappa shape index (κ3) is 5.14. The van der Waals surface area contributed by atoms with Crippen molar-refractivity contribution in [1.82, 2.24) is 5.32 Å². The quantitative estimate of drug-likeness (QED) is 0.747. The number of nitrogens with one attached hydrogen (secondary N) is 1. The monoisotopic (exact) mass is 389 g/mol. The van der Waals surface area contributed by atoms with Crippen LogP contribution < -0.4 is 5.32 Å². The Bertz CT molecular complexity index is 663. The number of hydrogen-bond acceptors (Lipinski definition) is 3. The average Bonchev–Trinajstić information content (AvgIpc) is 2.61. The number of halogens is 4. The molecule has 1 aliphatic heterocycles. The predicted molar refractivity (Wildman–Crippen MR) is 96.3 cm³/mol. The fraction of sp³-hybridized carbons (Fsp3) is 0.333. The first-order valence-corrected chi connectivity index (χ1v) is 8.64. The first-order valence-electron chi connectivity index (χ1n) is 7.76. The highest BCUT2D eigenvalue weighted by Gasteiger charge is 2.35. The number of ether oxygens (including phenoxy) is 1. The van der Waals surface area contributed by atoms with Crippen molar-refractivity contribution in [1.29, 1.82) is 0 Å². The number of benzene rings is 2. The zero-order valence-corrected chi connectivity index (χ0v) is 15.0. The second-order valence-corrected chi connectivity index (χ2v) is 6.74. The highest BCUT2D eigenvalue weighted by atomic mass is 35.5. The molecule has 2 aromatic rings. The molecule has 0 aliphatic carbocycles. The minimum absolute atomic E-state index is 0. The Morgan fingerprint density at radius 3 is 2.36 bits per heavy atom. The lowest BCUT2D eigenvalue weighted by Crippen LogP contribution is -2.41. The number of hydrogen-bond donors (Lipinski definition) is 1. The van der Waals surface area contributed by atoms with E-state index in [1.807, 2.05) is 30.3 Å². The molecule has 25 heavy (non-hydrogen) atoms. The molecule has 0 aromatic heterocycles. The molecule has 0 saturated carbocycles. The Balaban J connectivity index is 0.00000225. The van der Waals surface area contributed by atoms with Crippen molar-refractivity contribution >= 4 is 24.2 Å². The van der Waals surface area contributed by atoms with Crippen LogP contribution in [0.1, 0.15) is 16.4 Å². The topological polar surface area (TPSA) is 21.3 Å². The van der Waals surface area contributed by atoms with Gasteiger partial charge in [-0.25, -0.2) is 0 Å². The van der Waals surface area contributed by atoms with Crippen LogP contribution >= 0.6 is 24.2 Å². The van der Waals surface area contributed by atoms with E-state index >= 15 is 0 Å². The minimum atomic E-state index is -4.36. The highest BCUT2D eigenvalue weighted by molar-refractivity contribution is 7.99. The number of thioether (sulfide) groups is 1. The largest absolute Gasteiger partial charge is 0.417 e. The van der Waals surface area contributed by atoms with Crippen LogP contribution in [0.15, 0.2) is 59.5 Å². The molecule has 2 aromatic carbocycles. The molecular formula is C18H19ClF3NOS. The lowest BCUT2D eigenvalue weighted by atomic mass is 10.1. The van der Waals surface area contributed by atoms with Gasteiger partial charge in [-0.05, 0) is 17.7 Å². The van der Waals surface area contributed by atoms with E-state index in [4.69, 9.17) is 4.74 Å². The van der Waals surface area contributed by atoms with Gasteiger partial charge in [0.2, 0.25) is 0 Å². The summed E-state index contributed by atoms with van der Waals surface area (Å²) in [4.78, 5) is 0.230. The third-order valence-electron chi connectivity index (χ3n) is 3.87. The van der Waals surface area contributed by atoms with Crippen LogP contribution in [0.25, 0.3) is 0 Å². The van der Waals surface area contributed by atoms with E-state index < -0.39 is 11.7 Å². The molecule has 2 nitrogen and oxygen atoms in total. The van der Waals surface area contributed by atoms with E-state index in [1.165, 1.54) is 23.9 Å². The van der Waals surface area contributed by atoms with Crippen molar-refractivity contribution in [2.24, 2.45) is 0 Å². The van der Waals surface area contributed by atoms with E-state index in [-0.39, 0.29) is 28.7 Å². The zero-order valence-electron chi connectivity index (χ0n) is 13.3. The third-order valence-corrected chi connectivity index (χ3v) is 5.31. The number of alkyl halides is 3. The standard InChI is InChI=1S/C18H18F3NOS.ClH/c19-18(20,21)14-8-4-5-9-16(14)24-17(13-6-2-1-3-7-13)15-12-22-10-11-23-15;/h1-9,15,17,22H,10-12H2;1H/t15-,17?;/m0./s1. The second-order valence-electron chi connectivity index (χ2n) is 5.56. The summed E-state index contributed by atoms with van der Waals surface area (Å²) in [6, 6.07) is 15.3. The first-order chi connectivity index (χ1) is 11.6. The van der Waals surface area contributed by atoms with E-state index in [0.29, 0.717) is 13.2 Å². The minimum Gasteiger partial charge on any atom is -0.374 e. The van der Waals surface area contributed by atoms with Crippen molar-refractivity contribution in [3.63, 3.8) is 0 Å². The van der Waals surface area contributed by atoms with Gasteiger partial charge in [-0.2, -0.15) is 13.2 Å². The first kappa shape index (κ1) is 20.1. The summed E-state index contributed by atoms with van der Waals surface area (Å²) in [7, 11) is 0. The van der Waals surface area contributed by atoms with Crippen LogP contribution in [0, 0.1) is 0 Å². The average molecular weight is 390 g/mol. The lowest BCUT2D eigenvalue weighted by Gasteiger charge is -2.31. The SMILES string of the molecule is Cl.FC(F)(F)c1ccccc1SC(c1ccccc1)[C@@H]1CNCCO1. The maximum absolute atomic E-state index is 13.3. The zero-order chi connectivity index (χ0) is 17.0. The summed E-state index contributed by atoms with van der Waals surface area (Å²) in [6.45, 7) is 1.96. The summed E-state index contributed by atoms with van der Waals surface area (Å²) >= 11 is 1.22. The maximum atomic E-state index is 13.3. The molecule has 136 valence electrons. The normalized spacial score (nSPS) is 19.1. The Hall–Kier alpha value is -1.21. The van der Waals surface area contributed by atoms with Crippen molar-refractivity contribution in [3.8, 4) is 0 Å². The smallest absolute Gasteiger partial charge is 0.374 e. The van der Waals surface area contributed by atoms with E-state index in [1.54, 1.807) is 6.07 Å². The fourth-order valence-corrected chi connectivity index (χ4v) is 4.08. The van der Waals surface area contributed by atoms with Crippen LogP contribution in [-0.2, 0) is 10.9 Å². The molecule has 0 spiro atoms.